The number of aromatic nitrogens is 4. The smallest absolute Gasteiger partial charge is 0.265 e. The fraction of sp³-hybridized carbons (Fsp3) is 0.103. The highest BCUT2D eigenvalue weighted by Crippen LogP contribution is 2.32. The van der Waals surface area contributed by atoms with Gasteiger partial charge in [0.25, 0.3) is 11.8 Å². The van der Waals surface area contributed by atoms with Crippen molar-refractivity contribution in [1.29, 1.82) is 0 Å². The van der Waals surface area contributed by atoms with Crippen LogP contribution in [0.3, 0.4) is 0 Å². The highest BCUT2D eigenvalue weighted by atomic mass is 32.1. The van der Waals surface area contributed by atoms with Crippen LogP contribution >= 0.6 is 11.3 Å². The van der Waals surface area contributed by atoms with Crippen molar-refractivity contribution < 1.29 is 14.0 Å². The molecule has 0 saturated heterocycles. The maximum absolute atomic E-state index is 13.9. The molecule has 2 aromatic carbocycles. The zero-order valence-electron chi connectivity index (χ0n) is 21.1. The van der Waals surface area contributed by atoms with Gasteiger partial charge in [-0.05, 0) is 61.9 Å². The molecule has 6 aromatic rings. The van der Waals surface area contributed by atoms with Crippen molar-refractivity contribution in [2.45, 2.75) is 20.5 Å². The SMILES string of the molecule is Cc1ccc(NC(=O)c2ccc(-n3ccnc3C)c(CF)c2)cc1NC(=O)c1cc2cnc3[nH]ccc3c2s1. The number of thiophene rings is 1. The number of halogens is 1. The molecule has 39 heavy (non-hydrogen) atoms. The number of carbonyl (C=O) groups is 2. The van der Waals surface area contributed by atoms with Gasteiger partial charge >= 0.3 is 0 Å². The van der Waals surface area contributed by atoms with Gasteiger partial charge in [0.2, 0.25) is 0 Å². The van der Waals surface area contributed by atoms with Crippen molar-refractivity contribution in [3.05, 3.63) is 101 Å². The summed E-state index contributed by atoms with van der Waals surface area (Å²) < 4.78 is 16.6. The summed E-state index contributed by atoms with van der Waals surface area (Å²) in [5.41, 5.74) is 4.06. The van der Waals surface area contributed by atoms with Crippen molar-refractivity contribution in [2.75, 3.05) is 10.6 Å². The van der Waals surface area contributed by atoms with Gasteiger partial charge < -0.3 is 20.2 Å². The zero-order valence-corrected chi connectivity index (χ0v) is 21.9. The zero-order chi connectivity index (χ0) is 27.1. The average Bonchev–Trinajstić information content (AvgIpc) is 3.69. The Kier molecular flexibility index (Phi) is 6.16. The maximum atomic E-state index is 13.9. The van der Waals surface area contributed by atoms with E-state index in [-0.39, 0.29) is 11.8 Å². The lowest BCUT2D eigenvalue weighted by Crippen LogP contribution is -2.14. The Balaban J connectivity index is 1.22. The van der Waals surface area contributed by atoms with E-state index in [2.05, 4.69) is 25.6 Å². The summed E-state index contributed by atoms with van der Waals surface area (Å²) in [5, 5.41) is 7.69. The van der Waals surface area contributed by atoms with Crippen molar-refractivity contribution in [3.63, 3.8) is 0 Å². The van der Waals surface area contributed by atoms with Crippen molar-refractivity contribution in [3.8, 4) is 5.69 Å². The second-order valence-corrected chi connectivity index (χ2v) is 10.2. The summed E-state index contributed by atoms with van der Waals surface area (Å²) in [6.07, 6.45) is 6.97. The maximum Gasteiger partial charge on any atom is 0.265 e. The number of nitrogens with zero attached hydrogens (tertiary/aromatic N) is 3. The summed E-state index contributed by atoms with van der Waals surface area (Å²) >= 11 is 1.40. The molecule has 0 fully saturated rings. The number of hydrogen-bond acceptors (Lipinski definition) is 5. The number of carbonyl (C=O) groups excluding carboxylic acids is 2. The Morgan fingerprint density at radius 3 is 2.69 bits per heavy atom. The van der Waals surface area contributed by atoms with E-state index in [1.54, 1.807) is 53.5 Å². The molecule has 0 atom stereocenters. The topological polar surface area (TPSA) is 105 Å². The summed E-state index contributed by atoms with van der Waals surface area (Å²) in [6, 6.07) is 14.0. The molecule has 6 rings (SSSR count). The van der Waals surface area contributed by atoms with Gasteiger partial charge in [-0.1, -0.05) is 6.07 Å². The fourth-order valence-corrected chi connectivity index (χ4v) is 5.58. The summed E-state index contributed by atoms with van der Waals surface area (Å²) in [5.74, 6) is 0.0953. The molecule has 4 aromatic heterocycles. The van der Waals surface area contributed by atoms with Crippen molar-refractivity contribution in [1.82, 2.24) is 19.5 Å². The highest BCUT2D eigenvalue weighted by Gasteiger charge is 2.16. The molecule has 10 heteroatoms. The number of alkyl halides is 1. The molecule has 0 spiro atoms. The number of benzene rings is 2. The van der Waals surface area contributed by atoms with E-state index in [9.17, 15) is 14.0 Å². The third-order valence-corrected chi connectivity index (χ3v) is 7.78. The van der Waals surface area contributed by atoms with Gasteiger partial charge in [0, 0.05) is 62.8 Å². The van der Waals surface area contributed by atoms with Crippen LogP contribution in [0.15, 0.2) is 73.3 Å². The molecular weight excluding hydrogens is 515 g/mol. The second kappa shape index (κ2) is 9.80. The molecule has 0 bridgehead atoms. The lowest BCUT2D eigenvalue weighted by molar-refractivity contribution is 0.102. The summed E-state index contributed by atoms with van der Waals surface area (Å²) in [6.45, 7) is 2.98. The minimum Gasteiger partial charge on any atom is -0.346 e. The van der Waals surface area contributed by atoms with E-state index < -0.39 is 6.67 Å². The van der Waals surface area contributed by atoms with Gasteiger partial charge in [0.05, 0.1) is 10.6 Å². The summed E-state index contributed by atoms with van der Waals surface area (Å²) in [7, 11) is 0. The van der Waals surface area contributed by atoms with Gasteiger partial charge in [-0.3, -0.25) is 9.59 Å². The molecule has 3 N–H and O–H groups in total. The molecule has 4 heterocycles. The van der Waals surface area contributed by atoms with Crippen LogP contribution in [0.25, 0.3) is 26.8 Å². The first-order chi connectivity index (χ1) is 18.9. The lowest BCUT2D eigenvalue weighted by atomic mass is 10.1. The largest absolute Gasteiger partial charge is 0.346 e. The number of fused-ring (bicyclic) bond motifs is 3. The molecule has 194 valence electrons. The first kappa shape index (κ1) is 24.5. The minimum atomic E-state index is -0.724. The third-order valence-electron chi connectivity index (χ3n) is 6.60. The van der Waals surface area contributed by atoms with Crippen molar-refractivity contribution in [2.24, 2.45) is 0 Å². The standard InChI is InChI=1S/C29H23FN6O2S/c1-16-3-5-21(34-28(37)18-4-6-24(19(11-18)14-30)36-10-9-31-17(36)2)13-23(16)35-29(38)25-12-20-15-33-27-22(7-8-32-27)26(20)39-25/h3-13,15H,14H2,1-2H3,(H,32,33)(H,34,37)(H,35,38). The Hall–Kier alpha value is -4.83. The first-order valence-electron chi connectivity index (χ1n) is 12.2. The van der Waals surface area contributed by atoms with Crippen LogP contribution < -0.4 is 10.6 Å². The van der Waals surface area contributed by atoms with Crippen LogP contribution in [0.1, 0.15) is 37.0 Å². The summed E-state index contributed by atoms with van der Waals surface area (Å²) in [4.78, 5) is 38.4. The van der Waals surface area contributed by atoms with E-state index in [0.29, 0.717) is 33.1 Å². The molecule has 0 saturated carbocycles. The molecule has 0 aliphatic rings. The monoisotopic (exact) mass is 538 g/mol. The van der Waals surface area contributed by atoms with E-state index in [1.807, 2.05) is 38.2 Å². The number of pyridine rings is 1. The Morgan fingerprint density at radius 2 is 1.90 bits per heavy atom. The molecule has 0 aliphatic carbocycles. The van der Waals surface area contributed by atoms with Gasteiger partial charge in [-0.15, -0.1) is 11.3 Å². The number of amides is 2. The lowest BCUT2D eigenvalue weighted by Gasteiger charge is -2.13. The number of nitrogens with one attached hydrogen (secondary N) is 3. The van der Waals surface area contributed by atoms with Crippen LogP contribution in [-0.4, -0.2) is 31.3 Å². The van der Waals surface area contributed by atoms with E-state index in [1.165, 1.54) is 11.3 Å². The number of rotatable bonds is 6. The Morgan fingerprint density at radius 1 is 1.03 bits per heavy atom. The van der Waals surface area contributed by atoms with Crippen molar-refractivity contribution >= 4 is 55.6 Å². The third kappa shape index (κ3) is 4.55. The van der Waals surface area contributed by atoms with Crippen LogP contribution in [0.2, 0.25) is 0 Å². The molecule has 0 unspecified atom stereocenters. The number of anilines is 2. The van der Waals surface area contributed by atoms with Gasteiger partial charge in [-0.2, -0.15) is 0 Å². The second-order valence-electron chi connectivity index (χ2n) is 9.15. The molecule has 0 radical (unpaired) electrons. The normalized spacial score (nSPS) is 11.3. The van der Waals surface area contributed by atoms with Crippen LogP contribution in [0.5, 0.6) is 0 Å². The number of hydrogen-bond donors (Lipinski definition) is 3. The Bertz CT molecular complexity index is 1890. The number of aryl methyl sites for hydroxylation is 2. The number of H-pyrrole nitrogens is 1. The highest BCUT2D eigenvalue weighted by molar-refractivity contribution is 7.21. The average molecular weight is 539 g/mol. The number of imidazole rings is 1. The quantitative estimate of drug-likeness (QED) is 0.224. The van der Waals surface area contributed by atoms with Crippen LogP contribution in [0.4, 0.5) is 15.8 Å². The predicted molar refractivity (Wildman–Crippen MR) is 152 cm³/mol. The molecular formula is C29H23FN6O2S. The molecule has 8 nitrogen and oxygen atoms in total. The predicted octanol–water partition coefficient (Wildman–Crippen LogP) is 6.55. The first-order valence-corrected chi connectivity index (χ1v) is 13.0. The number of aromatic amines is 1. The van der Waals surface area contributed by atoms with E-state index >= 15 is 0 Å². The fourth-order valence-electron chi connectivity index (χ4n) is 4.53. The van der Waals surface area contributed by atoms with Crippen LogP contribution in [-0.2, 0) is 6.67 Å². The van der Waals surface area contributed by atoms with Crippen LogP contribution in [0, 0.1) is 13.8 Å². The van der Waals surface area contributed by atoms with E-state index in [4.69, 9.17) is 0 Å². The van der Waals surface area contributed by atoms with Gasteiger partial charge in [0.15, 0.2) is 0 Å². The Labute approximate surface area is 226 Å². The van der Waals surface area contributed by atoms with E-state index in [0.717, 1.165) is 32.5 Å². The van der Waals surface area contributed by atoms with Gasteiger partial charge in [0.1, 0.15) is 18.1 Å². The molecule has 2 amide bonds. The molecule has 0 aliphatic heterocycles. The van der Waals surface area contributed by atoms with Gasteiger partial charge in [-0.25, -0.2) is 14.4 Å². The minimum absolute atomic E-state index is 0.246.